The summed E-state index contributed by atoms with van der Waals surface area (Å²) in [7, 11) is -2.82. The molecule has 1 aliphatic heterocycles. The summed E-state index contributed by atoms with van der Waals surface area (Å²) in [6.45, 7) is 6.21. The summed E-state index contributed by atoms with van der Waals surface area (Å²) in [5.41, 5.74) is 1.07. The first kappa shape index (κ1) is 15.2. The molecule has 0 N–H and O–H groups in total. The fourth-order valence-electron chi connectivity index (χ4n) is 2.08. The van der Waals surface area contributed by atoms with E-state index in [0.29, 0.717) is 19.0 Å². The third-order valence-corrected chi connectivity index (χ3v) is 5.39. The number of rotatable bonds is 5. The number of hydrogen-bond donors (Lipinski definition) is 0. The van der Waals surface area contributed by atoms with Gasteiger partial charge >= 0.3 is 0 Å². The van der Waals surface area contributed by atoms with Crippen LogP contribution in [-0.4, -0.2) is 39.6 Å². The highest BCUT2D eigenvalue weighted by Gasteiger charge is 2.21. The molecule has 0 spiro atoms. The zero-order chi connectivity index (χ0) is 14.6. The Labute approximate surface area is 121 Å². The van der Waals surface area contributed by atoms with Crippen LogP contribution in [-0.2, 0) is 9.84 Å². The minimum Gasteiger partial charge on any atom is -0.493 e. The lowest BCUT2D eigenvalue weighted by Gasteiger charge is -2.28. The molecular formula is C15H23NO3S. The monoisotopic (exact) mass is 297 g/mol. The fourth-order valence-corrected chi connectivity index (χ4v) is 3.28. The van der Waals surface area contributed by atoms with Gasteiger partial charge in [-0.15, -0.1) is 0 Å². The summed E-state index contributed by atoms with van der Waals surface area (Å²) in [4.78, 5) is 2.11. The van der Waals surface area contributed by atoms with Crippen molar-refractivity contribution in [2.24, 2.45) is 5.92 Å². The van der Waals surface area contributed by atoms with Crippen LogP contribution >= 0.6 is 0 Å². The van der Waals surface area contributed by atoms with E-state index in [0.717, 1.165) is 24.5 Å². The van der Waals surface area contributed by atoms with Crippen LogP contribution in [0.3, 0.4) is 0 Å². The quantitative estimate of drug-likeness (QED) is 0.837. The minimum absolute atomic E-state index is 0.249. The molecule has 1 unspecified atom stereocenters. The van der Waals surface area contributed by atoms with Crippen LogP contribution in [0.15, 0.2) is 24.3 Å². The summed E-state index contributed by atoms with van der Waals surface area (Å²) in [6, 6.07) is 7.93. The molecule has 112 valence electrons. The lowest BCUT2D eigenvalue weighted by Crippen LogP contribution is -2.40. The Hall–Kier alpha value is -1.23. The first-order valence-corrected chi connectivity index (χ1v) is 9.00. The Morgan fingerprint density at radius 1 is 1.20 bits per heavy atom. The van der Waals surface area contributed by atoms with Crippen LogP contribution in [0.25, 0.3) is 0 Å². The van der Waals surface area contributed by atoms with Gasteiger partial charge in [-0.25, -0.2) is 8.42 Å². The molecule has 0 aliphatic carbocycles. The highest BCUT2D eigenvalue weighted by atomic mass is 32.2. The molecule has 1 aromatic rings. The molecule has 1 aromatic carbocycles. The Kier molecular flexibility index (Phi) is 4.91. The first-order valence-electron chi connectivity index (χ1n) is 7.18. The van der Waals surface area contributed by atoms with E-state index in [2.05, 4.69) is 18.7 Å². The largest absolute Gasteiger partial charge is 0.493 e. The fraction of sp³-hybridized carbons (Fsp3) is 0.600. The minimum atomic E-state index is -2.82. The summed E-state index contributed by atoms with van der Waals surface area (Å²) >= 11 is 0. The molecule has 5 heteroatoms. The summed E-state index contributed by atoms with van der Waals surface area (Å²) in [5, 5.41) is 0. The van der Waals surface area contributed by atoms with Crippen LogP contribution in [0.2, 0.25) is 0 Å². The van der Waals surface area contributed by atoms with Gasteiger partial charge in [-0.1, -0.05) is 20.3 Å². The SMILES string of the molecule is CCC(C)COc1ccc(N2CCS(=O)(=O)CC2)cc1. The van der Waals surface area contributed by atoms with Crippen LogP contribution in [0.5, 0.6) is 5.75 Å². The molecule has 2 rings (SSSR count). The van der Waals surface area contributed by atoms with Gasteiger partial charge in [0.25, 0.3) is 0 Å². The van der Waals surface area contributed by atoms with E-state index in [1.165, 1.54) is 0 Å². The van der Waals surface area contributed by atoms with Crippen molar-refractivity contribution in [1.29, 1.82) is 0 Å². The maximum atomic E-state index is 11.4. The van der Waals surface area contributed by atoms with E-state index in [9.17, 15) is 8.42 Å². The standard InChI is InChI=1S/C15H23NO3S/c1-3-13(2)12-19-15-6-4-14(5-7-15)16-8-10-20(17,18)11-9-16/h4-7,13H,3,8-12H2,1-2H3. The molecule has 0 amide bonds. The predicted octanol–water partition coefficient (Wildman–Crippen LogP) is 2.35. The van der Waals surface area contributed by atoms with Crippen LogP contribution in [0.1, 0.15) is 20.3 Å². The number of ether oxygens (including phenoxy) is 1. The average Bonchev–Trinajstić information content (AvgIpc) is 2.45. The zero-order valence-corrected chi connectivity index (χ0v) is 13.0. The lowest BCUT2D eigenvalue weighted by molar-refractivity contribution is 0.256. The number of anilines is 1. The van der Waals surface area contributed by atoms with Gasteiger partial charge in [0.2, 0.25) is 0 Å². The van der Waals surface area contributed by atoms with E-state index in [1.54, 1.807) is 0 Å². The van der Waals surface area contributed by atoms with E-state index in [4.69, 9.17) is 4.74 Å². The van der Waals surface area contributed by atoms with Gasteiger partial charge in [0.15, 0.2) is 9.84 Å². The van der Waals surface area contributed by atoms with E-state index < -0.39 is 9.84 Å². The normalized spacial score (nSPS) is 19.6. The maximum Gasteiger partial charge on any atom is 0.153 e. The molecule has 4 nitrogen and oxygen atoms in total. The van der Waals surface area contributed by atoms with Crippen molar-refractivity contribution in [3.8, 4) is 5.75 Å². The zero-order valence-electron chi connectivity index (χ0n) is 12.2. The molecule has 1 aliphatic rings. The van der Waals surface area contributed by atoms with Gasteiger partial charge in [0.1, 0.15) is 5.75 Å². The Morgan fingerprint density at radius 2 is 1.80 bits per heavy atom. The molecule has 1 fully saturated rings. The molecule has 0 radical (unpaired) electrons. The molecule has 0 saturated carbocycles. The summed E-state index contributed by atoms with van der Waals surface area (Å²) in [5.74, 6) is 1.93. The van der Waals surface area contributed by atoms with Crippen molar-refractivity contribution in [2.75, 3.05) is 36.1 Å². The average molecular weight is 297 g/mol. The number of hydrogen-bond acceptors (Lipinski definition) is 4. The van der Waals surface area contributed by atoms with Crippen molar-refractivity contribution < 1.29 is 13.2 Å². The molecule has 1 atom stereocenters. The number of nitrogens with zero attached hydrogens (tertiary/aromatic N) is 1. The van der Waals surface area contributed by atoms with Crippen molar-refractivity contribution >= 4 is 15.5 Å². The van der Waals surface area contributed by atoms with E-state index in [-0.39, 0.29) is 11.5 Å². The molecule has 0 bridgehead atoms. The number of benzene rings is 1. The molecular weight excluding hydrogens is 274 g/mol. The van der Waals surface area contributed by atoms with Gasteiger partial charge in [0.05, 0.1) is 18.1 Å². The second kappa shape index (κ2) is 6.48. The summed E-state index contributed by atoms with van der Waals surface area (Å²) in [6.07, 6.45) is 1.11. The highest BCUT2D eigenvalue weighted by Crippen LogP contribution is 2.21. The van der Waals surface area contributed by atoms with Gasteiger partial charge in [-0.05, 0) is 30.2 Å². The maximum absolute atomic E-state index is 11.4. The first-order chi connectivity index (χ1) is 9.50. The smallest absolute Gasteiger partial charge is 0.153 e. The molecule has 1 saturated heterocycles. The molecule has 1 heterocycles. The second-order valence-corrected chi connectivity index (χ2v) is 7.76. The van der Waals surface area contributed by atoms with Crippen molar-refractivity contribution in [3.05, 3.63) is 24.3 Å². The predicted molar refractivity (Wildman–Crippen MR) is 82.3 cm³/mol. The van der Waals surface area contributed by atoms with Crippen LogP contribution in [0.4, 0.5) is 5.69 Å². The van der Waals surface area contributed by atoms with Crippen LogP contribution in [0, 0.1) is 5.92 Å². The van der Waals surface area contributed by atoms with Gasteiger partial charge in [-0.3, -0.25) is 0 Å². The summed E-state index contributed by atoms with van der Waals surface area (Å²) < 4.78 is 28.5. The highest BCUT2D eigenvalue weighted by molar-refractivity contribution is 7.91. The second-order valence-electron chi connectivity index (χ2n) is 5.46. The van der Waals surface area contributed by atoms with Crippen LogP contribution < -0.4 is 9.64 Å². The number of sulfone groups is 1. The Morgan fingerprint density at radius 3 is 2.35 bits per heavy atom. The van der Waals surface area contributed by atoms with Gasteiger partial charge < -0.3 is 9.64 Å². The van der Waals surface area contributed by atoms with Gasteiger partial charge in [0, 0.05) is 18.8 Å². The Balaban J connectivity index is 1.92. The lowest BCUT2D eigenvalue weighted by atomic mass is 10.1. The van der Waals surface area contributed by atoms with Crippen molar-refractivity contribution in [1.82, 2.24) is 0 Å². The van der Waals surface area contributed by atoms with Crippen molar-refractivity contribution in [3.63, 3.8) is 0 Å². The Bertz CT molecular complexity index is 511. The van der Waals surface area contributed by atoms with Gasteiger partial charge in [-0.2, -0.15) is 0 Å². The van der Waals surface area contributed by atoms with Crippen molar-refractivity contribution in [2.45, 2.75) is 20.3 Å². The third kappa shape index (κ3) is 4.13. The molecule has 20 heavy (non-hydrogen) atoms. The molecule has 0 aromatic heterocycles. The third-order valence-electron chi connectivity index (χ3n) is 3.78. The topological polar surface area (TPSA) is 46.6 Å². The van der Waals surface area contributed by atoms with E-state index in [1.807, 2.05) is 24.3 Å². The van der Waals surface area contributed by atoms with E-state index >= 15 is 0 Å².